The second-order valence-corrected chi connectivity index (χ2v) is 6.68. The molecule has 0 aliphatic heterocycles. The van der Waals surface area contributed by atoms with Crippen molar-refractivity contribution in [1.29, 1.82) is 0 Å². The zero-order chi connectivity index (χ0) is 16.3. The average molecular weight is 301 g/mol. The predicted molar refractivity (Wildman–Crippen MR) is 86.4 cm³/mol. The molecule has 1 atom stereocenters. The van der Waals surface area contributed by atoms with Crippen LogP contribution < -0.4 is 5.32 Å². The number of carbonyl (C=O) groups excluding carboxylic acids is 1. The van der Waals surface area contributed by atoms with Gasteiger partial charge in [-0.05, 0) is 17.4 Å². The van der Waals surface area contributed by atoms with Crippen LogP contribution in [0.3, 0.4) is 0 Å². The van der Waals surface area contributed by atoms with Crippen LogP contribution in [-0.4, -0.2) is 20.8 Å². The Morgan fingerprint density at radius 2 is 1.95 bits per heavy atom. The van der Waals surface area contributed by atoms with Crippen LogP contribution in [-0.2, 0) is 18.3 Å². The molecule has 1 unspecified atom stereocenters. The van der Waals surface area contributed by atoms with Gasteiger partial charge in [0, 0.05) is 13.1 Å². The minimum atomic E-state index is -1.19. The highest BCUT2D eigenvalue weighted by molar-refractivity contribution is 5.94. The van der Waals surface area contributed by atoms with E-state index >= 15 is 0 Å². The van der Waals surface area contributed by atoms with E-state index in [2.05, 4.69) is 31.2 Å². The molecule has 1 aromatic carbocycles. The maximum absolute atomic E-state index is 12.2. The van der Waals surface area contributed by atoms with Gasteiger partial charge in [-0.25, -0.2) is 0 Å². The van der Waals surface area contributed by atoms with Crippen molar-refractivity contribution in [2.75, 3.05) is 5.32 Å². The fraction of sp³-hybridized carbons (Fsp3) is 0.412. The Bertz CT molecular complexity index is 642. The highest BCUT2D eigenvalue weighted by atomic mass is 16.3. The van der Waals surface area contributed by atoms with Crippen LogP contribution in [0.25, 0.3) is 0 Å². The van der Waals surface area contributed by atoms with Gasteiger partial charge in [0.25, 0.3) is 5.91 Å². The Labute approximate surface area is 131 Å². The van der Waals surface area contributed by atoms with Crippen molar-refractivity contribution in [2.45, 2.75) is 33.3 Å². The van der Waals surface area contributed by atoms with Crippen LogP contribution in [0.4, 0.5) is 5.82 Å². The second kappa shape index (κ2) is 6.32. The number of rotatable bonds is 4. The van der Waals surface area contributed by atoms with Gasteiger partial charge in [-0.2, -0.15) is 5.10 Å². The lowest BCUT2D eigenvalue weighted by atomic mass is 9.91. The van der Waals surface area contributed by atoms with Gasteiger partial charge in [-0.1, -0.05) is 51.1 Å². The maximum atomic E-state index is 12.2. The van der Waals surface area contributed by atoms with Crippen molar-refractivity contribution in [3.63, 3.8) is 0 Å². The minimum absolute atomic E-state index is 0.124. The summed E-state index contributed by atoms with van der Waals surface area (Å²) >= 11 is 0. The van der Waals surface area contributed by atoms with Gasteiger partial charge in [-0.3, -0.25) is 9.48 Å². The number of nitrogens with one attached hydrogen (secondary N) is 1. The number of hydrogen-bond donors (Lipinski definition) is 2. The van der Waals surface area contributed by atoms with Gasteiger partial charge in [0.1, 0.15) is 5.82 Å². The SMILES string of the molecule is Cn1nc(CC(C)(C)C)cc1NC(=O)C(O)c1ccccc1. The molecule has 0 saturated carbocycles. The Morgan fingerprint density at radius 1 is 1.32 bits per heavy atom. The van der Waals surface area contributed by atoms with Crippen LogP contribution in [0.5, 0.6) is 0 Å². The molecule has 1 amide bonds. The van der Waals surface area contributed by atoms with Gasteiger partial charge in [-0.15, -0.1) is 0 Å². The Morgan fingerprint density at radius 3 is 2.55 bits per heavy atom. The number of nitrogens with zero attached hydrogens (tertiary/aromatic N) is 2. The first kappa shape index (κ1) is 16.2. The van der Waals surface area contributed by atoms with Crippen molar-refractivity contribution < 1.29 is 9.90 Å². The smallest absolute Gasteiger partial charge is 0.258 e. The van der Waals surface area contributed by atoms with Gasteiger partial charge in [0.15, 0.2) is 6.10 Å². The third kappa shape index (κ3) is 4.18. The summed E-state index contributed by atoms with van der Waals surface area (Å²) in [4.78, 5) is 12.2. The molecule has 0 spiro atoms. The summed E-state index contributed by atoms with van der Waals surface area (Å²) in [5, 5.41) is 17.2. The molecule has 0 bridgehead atoms. The van der Waals surface area contributed by atoms with E-state index in [0.717, 1.165) is 12.1 Å². The van der Waals surface area contributed by atoms with E-state index in [1.165, 1.54) is 0 Å². The lowest BCUT2D eigenvalue weighted by Crippen LogP contribution is -2.22. The third-order valence-corrected chi connectivity index (χ3v) is 3.26. The van der Waals surface area contributed by atoms with Gasteiger partial charge < -0.3 is 10.4 Å². The molecule has 118 valence electrons. The van der Waals surface area contributed by atoms with E-state index in [-0.39, 0.29) is 5.41 Å². The molecule has 2 rings (SSSR count). The van der Waals surface area contributed by atoms with Gasteiger partial charge in [0.2, 0.25) is 0 Å². The number of aliphatic hydroxyl groups is 1. The Balaban J connectivity index is 2.09. The lowest BCUT2D eigenvalue weighted by molar-refractivity contribution is -0.124. The molecular weight excluding hydrogens is 278 g/mol. The maximum Gasteiger partial charge on any atom is 0.258 e. The fourth-order valence-corrected chi connectivity index (χ4v) is 2.25. The van der Waals surface area contributed by atoms with Crippen molar-refractivity contribution in [2.24, 2.45) is 12.5 Å². The summed E-state index contributed by atoms with van der Waals surface area (Å²) in [5.74, 6) is 0.121. The normalized spacial score (nSPS) is 13.0. The molecule has 0 aliphatic rings. The molecule has 5 heteroatoms. The number of hydrogen-bond acceptors (Lipinski definition) is 3. The molecule has 0 radical (unpaired) electrons. The number of anilines is 1. The number of carbonyl (C=O) groups is 1. The molecule has 2 N–H and O–H groups in total. The molecule has 0 fully saturated rings. The second-order valence-electron chi connectivity index (χ2n) is 6.68. The topological polar surface area (TPSA) is 67.2 Å². The number of aryl methyl sites for hydroxylation is 1. The minimum Gasteiger partial charge on any atom is -0.378 e. The number of aromatic nitrogens is 2. The lowest BCUT2D eigenvalue weighted by Gasteiger charge is -2.15. The predicted octanol–water partition coefficient (Wildman–Crippen LogP) is 2.68. The summed E-state index contributed by atoms with van der Waals surface area (Å²) in [6.07, 6.45) is -0.375. The highest BCUT2D eigenvalue weighted by Gasteiger charge is 2.20. The number of benzene rings is 1. The molecule has 2 aromatic rings. The molecule has 1 heterocycles. The van der Waals surface area contributed by atoms with Crippen LogP contribution in [0.1, 0.15) is 38.1 Å². The van der Waals surface area contributed by atoms with Crippen molar-refractivity contribution in [3.8, 4) is 0 Å². The molecule has 1 aromatic heterocycles. The zero-order valence-electron chi connectivity index (χ0n) is 13.5. The first-order valence-corrected chi connectivity index (χ1v) is 7.33. The molecule has 0 saturated heterocycles. The summed E-state index contributed by atoms with van der Waals surface area (Å²) < 4.78 is 1.62. The van der Waals surface area contributed by atoms with Crippen LogP contribution >= 0.6 is 0 Å². The molecule has 5 nitrogen and oxygen atoms in total. The van der Waals surface area contributed by atoms with E-state index in [4.69, 9.17) is 0 Å². The van der Waals surface area contributed by atoms with Crippen LogP contribution in [0, 0.1) is 5.41 Å². The van der Waals surface area contributed by atoms with E-state index in [1.807, 2.05) is 12.1 Å². The zero-order valence-corrected chi connectivity index (χ0v) is 13.5. The quantitative estimate of drug-likeness (QED) is 0.912. The Hall–Kier alpha value is -2.14. The summed E-state index contributed by atoms with van der Waals surface area (Å²) in [6, 6.07) is 10.7. The molecule has 22 heavy (non-hydrogen) atoms. The summed E-state index contributed by atoms with van der Waals surface area (Å²) in [7, 11) is 1.77. The number of aliphatic hydroxyl groups excluding tert-OH is 1. The Kier molecular flexibility index (Phi) is 4.66. The third-order valence-electron chi connectivity index (χ3n) is 3.26. The monoisotopic (exact) mass is 301 g/mol. The van der Waals surface area contributed by atoms with Crippen molar-refractivity contribution in [3.05, 3.63) is 47.7 Å². The fourth-order valence-electron chi connectivity index (χ4n) is 2.25. The number of amides is 1. The van der Waals surface area contributed by atoms with E-state index in [0.29, 0.717) is 11.4 Å². The van der Waals surface area contributed by atoms with Crippen molar-refractivity contribution >= 4 is 11.7 Å². The summed E-state index contributed by atoms with van der Waals surface area (Å²) in [5.41, 5.74) is 1.61. The largest absolute Gasteiger partial charge is 0.378 e. The molecule has 0 aliphatic carbocycles. The van der Waals surface area contributed by atoms with E-state index in [1.54, 1.807) is 36.0 Å². The van der Waals surface area contributed by atoms with E-state index < -0.39 is 12.0 Å². The first-order chi connectivity index (χ1) is 10.3. The highest BCUT2D eigenvalue weighted by Crippen LogP contribution is 2.22. The van der Waals surface area contributed by atoms with Crippen LogP contribution in [0.15, 0.2) is 36.4 Å². The van der Waals surface area contributed by atoms with Gasteiger partial charge in [0.05, 0.1) is 5.69 Å². The van der Waals surface area contributed by atoms with Crippen LogP contribution in [0.2, 0.25) is 0 Å². The standard InChI is InChI=1S/C17H23N3O2/c1-17(2,3)11-13-10-14(20(4)19-13)18-16(22)15(21)12-8-6-5-7-9-12/h5-10,15,21H,11H2,1-4H3,(H,18,22). The molecular formula is C17H23N3O2. The van der Waals surface area contributed by atoms with Crippen molar-refractivity contribution in [1.82, 2.24) is 9.78 Å². The van der Waals surface area contributed by atoms with E-state index in [9.17, 15) is 9.90 Å². The van der Waals surface area contributed by atoms with Gasteiger partial charge >= 0.3 is 0 Å². The average Bonchev–Trinajstić information content (AvgIpc) is 2.76. The summed E-state index contributed by atoms with van der Waals surface area (Å²) in [6.45, 7) is 6.41. The first-order valence-electron chi connectivity index (χ1n) is 7.33.